The maximum atomic E-state index is 13.5. The first kappa shape index (κ1) is 44.0. The molecule has 0 unspecified atom stereocenters. The van der Waals surface area contributed by atoms with E-state index in [-0.39, 0.29) is 36.4 Å². The highest BCUT2D eigenvalue weighted by Crippen LogP contribution is 2.40. The molecule has 0 N–H and O–H groups in total. The Morgan fingerprint density at radius 1 is 0.785 bits per heavy atom. The summed E-state index contributed by atoms with van der Waals surface area (Å²) in [6.07, 6.45) is 1.16. The summed E-state index contributed by atoms with van der Waals surface area (Å²) in [4.78, 5) is 36.3. The molecular formula is C53H59N7O4Si. The number of likely N-dealkylation sites (N-methyl/N-ethyl adjacent to an activating group) is 1. The van der Waals surface area contributed by atoms with Crippen molar-refractivity contribution in [2.75, 3.05) is 62.7 Å². The molecule has 0 bridgehead atoms. The van der Waals surface area contributed by atoms with Crippen LogP contribution < -0.4 is 24.9 Å². The van der Waals surface area contributed by atoms with Gasteiger partial charge in [-0.1, -0.05) is 148 Å². The Balaban J connectivity index is 0.976. The van der Waals surface area contributed by atoms with E-state index in [9.17, 15) is 4.79 Å². The molecule has 0 radical (unpaired) electrons. The Morgan fingerprint density at radius 2 is 1.46 bits per heavy atom. The third kappa shape index (κ3) is 9.19. The number of benzene rings is 5. The van der Waals surface area contributed by atoms with Crippen molar-refractivity contribution in [2.24, 2.45) is 0 Å². The molecule has 5 aromatic carbocycles. The van der Waals surface area contributed by atoms with Gasteiger partial charge in [0.15, 0.2) is 0 Å². The van der Waals surface area contributed by atoms with Crippen LogP contribution in [0.1, 0.15) is 44.0 Å². The van der Waals surface area contributed by atoms with E-state index in [0.29, 0.717) is 38.8 Å². The number of aromatic nitrogens is 2. The Morgan fingerprint density at radius 3 is 2.17 bits per heavy atom. The van der Waals surface area contributed by atoms with Crippen molar-refractivity contribution in [1.82, 2.24) is 19.8 Å². The zero-order chi connectivity index (χ0) is 45.0. The van der Waals surface area contributed by atoms with Gasteiger partial charge in [-0.2, -0.15) is 9.97 Å². The molecule has 1 aromatic heterocycles. The predicted molar refractivity (Wildman–Crippen MR) is 261 cm³/mol. The fourth-order valence-electron chi connectivity index (χ4n) is 10.2. The lowest BCUT2D eigenvalue weighted by Gasteiger charge is -2.44. The number of fused-ring (bicyclic) bond motifs is 2. The molecule has 2 fully saturated rings. The summed E-state index contributed by atoms with van der Waals surface area (Å²) in [7, 11) is -0.595. The van der Waals surface area contributed by atoms with Gasteiger partial charge in [-0.3, -0.25) is 9.80 Å². The molecule has 11 nitrogen and oxygen atoms in total. The van der Waals surface area contributed by atoms with Crippen LogP contribution in [0.25, 0.3) is 15.6 Å². The lowest BCUT2D eigenvalue weighted by atomic mass is 10.0. The lowest BCUT2D eigenvalue weighted by Crippen LogP contribution is -2.67. The van der Waals surface area contributed by atoms with Gasteiger partial charge in [0.2, 0.25) is 6.54 Å². The zero-order valence-corrected chi connectivity index (χ0v) is 39.0. The number of amides is 1. The first-order valence-corrected chi connectivity index (χ1v) is 24.8. The van der Waals surface area contributed by atoms with E-state index in [1.54, 1.807) is 4.90 Å². The Labute approximate surface area is 384 Å². The van der Waals surface area contributed by atoms with Crippen LogP contribution >= 0.6 is 0 Å². The average molecular weight is 886 g/mol. The van der Waals surface area contributed by atoms with Crippen LogP contribution in [0.5, 0.6) is 6.01 Å². The Bertz CT molecular complexity index is 2580. The number of likely N-dealkylation sites (tertiary alicyclic amines) is 1. The molecule has 0 saturated carbocycles. The standard InChI is InChI=1S/C53H59N7O4Si/c1-53(2,3)65(44-22-11-7-12-23-44,45-24-13-8-14-25-45)64-43-32-41(57(5)35-43)38-62-51-55-48-36-58(49-27-17-21-40-20-15-16-26-46(40)49)29-28-47(48)50(56-51)59-30-31-60(42(34-59)33-54-4)52(61)63-37-39-18-9-6-10-19-39/h6-27,41-43H,28-38H2,1-3,5H3/t41-,42+,43+/m1/s1. The van der Waals surface area contributed by atoms with E-state index in [4.69, 9.17) is 30.4 Å². The smallest absolute Gasteiger partial charge is 0.410 e. The summed E-state index contributed by atoms with van der Waals surface area (Å²) in [6, 6.07) is 46.4. The number of carbonyl (C=O) groups is 1. The maximum absolute atomic E-state index is 13.5. The fraction of sp³-hybridized carbons (Fsp3) is 0.358. The van der Waals surface area contributed by atoms with E-state index in [2.05, 4.69) is 150 Å². The molecule has 1 amide bonds. The average Bonchev–Trinajstić information content (AvgIpc) is 3.69. The molecule has 9 rings (SSSR count). The number of anilines is 2. The van der Waals surface area contributed by atoms with Crippen molar-refractivity contribution in [2.45, 2.75) is 70.0 Å². The number of hydrogen-bond donors (Lipinski definition) is 0. The Kier molecular flexibility index (Phi) is 12.9. The summed E-state index contributed by atoms with van der Waals surface area (Å²) in [5, 5.41) is 4.83. The Hall–Kier alpha value is -6.26. The summed E-state index contributed by atoms with van der Waals surface area (Å²) in [5.41, 5.74) is 4.12. The van der Waals surface area contributed by atoms with Crippen LogP contribution in [0.4, 0.5) is 16.3 Å². The lowest BCUT2D eigenvalue weighted by molar-refractivity contribution is 0.0788. The first-order valence-electron chi connectivity index (χ1n) is 22.9. The number of carbonyl (C=O) groups excluding carboxylic acids is 1. The van der Waals surface area contributed by atoms with Crippen molar-refractivity contribution >= 4 is 47.1 Å². The first-order chi connectivity index (χ1) is 31.6. The molecule has 0 aliphatic carbocycles. The number of ether oxygens (including phenoxy) is 2. The van der Waals surface area contributed by atoms with Gasteiger partial charge in [0.25, 0.3) is 8.32 Å². The van der Waals surface area contributed by atoms with E-state index in [0.717, 1.165) is 48.6 Å². The van der Waals surface area contributed by atoms with Gasteiger partial charge >= 0.3 is 12.1 Å². The second-order valence-electron chi connectivity index (χ2n) is 18.6. The topological polar surface area (TPSA) is 87.9 Å². The number of hydrogen-bond acceptors (Lipinski definition) is 9. The van der Waals surface area contributed by atoms with Crippen molar-refractivity contribution in [3.63, 3.8) is 0 Å². The van der Waals surface area contributed by atoms with Gasteiger partial charge in [-0.05, 0) is 52.3 Å². The van der Waals surface area contributed by atoms with Gasteiger partial charge in [0, 0.05) is 55.4 Å². The monoisotopic (exact) mass is 885 g/mol. The highest BCUT2D eigenvalue weighted by Gasteiger charge is 2.52. The van der Waals surface area contributed by atoms with Crippen LogP contribution in [-0.2, 0) is 28.7 Å². The molecule has 334 valence electrons. The second kappa shape index (κ2) is 19.1. The van der Waals surface area contributed by atoms with Crippen molar-refractivity contribution in [1.29, 1.82) is 0 Å². The summed E-state index contributed by atoms with van der Waals surface area (Å²) >= 11 is 0. The third-order valence-electron chi connectivity index (χ3n) is 13.5. The largest absolute Gasteiger partial charge is 0.462 e. The maximum Gasteiger partial charge on any atom is 0.410 e. The van der Waals surface area contributed by atoms with Gasteiger partial charge < -0.3 is 28.5 Å². The van der Waals surface area contributed by atoms with Crippen molar-refractivity contribution in [3.8, 4) is 6.01 Å². The van der Waals surface area contributed by atoms with Crippen LogP contribution in [-0.4, -0.2) is 105 Å². The quantitative estimate of drug-likeness (QED) is 0.0898. The number of nitrogens with zero attached hydrogens (tertiary/aromatic N) is 7. The van der Waals surface area contributed by atoms with Crippen molar-refractivity contribution in [3.05, 3.63) is 162 Å². The molecule has 4 heterocycles. The number of rotatable bonds is 12. The van der Waals surface area contributed by atoms with Gasteiger partial charge in [-0.15, -0.1) is 0 Å². The molecular weight excluding hydrogens is 827 g/mol. The summed E-state index contributed by atoms with van der Waals surface area (Å²) in [6.45, 7) is 19.1. The molecule has 0 spiro atoms. The fourth-order valence-corrected chi connectivity index (χ4v) is 14.9. The molecule has 6 aromatic rings. The van der Waals surface area contributed by atoms with Crippen molar-refractivity contribution < 1.29 is 18.7 Å². The van der Waals surface area contributed by atoms with E-state index >= 15 is 0 Å². The third-order valence-corrected chi connectivity index (χ3v) is 18.6. The minimum Gasteiger partial charge on any atom is -0.462 e. The minimum absolute atomic E-state index is 0.00392. The normalized spacial score (nSPS) is 19.2. The highest BCUT2D eigenvalue weighted by molar-refractivity contribution is 6.99. The van der Waals surface area contributed by atoms with E-state index in [1.165, 1.54) is 26.8 Å². The van der Waals surface area contributed by atoms with Gasteiger partial charge in [0.1, 0.15) is 25.1 Å². The second-order valence-corrected chi connectivity index (χ2v) is 22.9. The molecule has 3 aliphatic heterocycles. The molecule has 3 aliphatic rings. The van der Waals surface area contributed by atoms with Gasteiger partial charge in [0.05, 0.1) is 18.3 Å². The highest BCUT2D eigenvalue weighted by atomic mass is 28.4. The summed E-state index contributed by atoms with van der Waals surface area (Å²) < 4.78 is 20.1. The SMILES string of the molecule is [C-]#[N+]C[C@H]1CN(c2nc(OC[C@H]3C[C@H](O[Si](c4ccccc4)(c4ccccc4)C(C)(C)C)CN3C)nc3c2CCN(c2cccc4ccccc24)C3)CCN1C(=O)OCc1ccccc1. The molecule has 65 heavy (non-hydrogen) atoms. The van der Waals surface area contributed by atoms with Gasteiger partial charge in [-0.25, -0.2) is 11.4 Å². The zero-order valence-electron chi connectivity index (χ0n) is 38.0. The minimum atomic E-state index is -2.75. The predicted octanol–water partition coefficient (Wildman–Crippen LogP) is 7.97. The number of piperazine rings is 1. The van der Waals surface area contributed by atoms with Crippen LogP contribution in [0, 0.1) is 6.57 Å². The van der Waals surface area contributed by atoms with E-state index < -0.39 is 14.4 Å². The van der Waals surface area contributed by atoms with Crippen LogP contribution in [0.15, 0.2) is 133 Å². The van der Waals surface area contributed by atoms with Crippen LogP contribution in [0.2, 0.25) is 5.04 Å². The van der Waals surface area contributed by atoms with Crippen LogP contribution in [0.3, 0.4) is 0 Å². The van der Waals surface area contributed by atoms with E-state index in [1.807, 2.05) is 30.3 Å². The molecule has 2 saturated heterocycles. The summed E-state index contributed by atoms with van der Waals surface area (Å²) in [5.74, 6) is 0.822. The molecule has 12 heteroatoms. The molecule has 3 atom stereocenters.